The molecule has 1 aliphatic rings. The van der Waals surface area contributed by atoms with Gasteiger partial charge in [-0.05, 0) is 58.1 Å². The Balaban J connectivity index is 2.02. The normalized spacial score (nSPS) is 20.4. The summed E-state index contributed by atoms with van der Waals surface area (Å²) in [5, 5.41) is 1.18. The zero-order valence-electron chi connectivity index (χ0n) is 13.6. The van der Waals surface area contributed by atoms with E-state index in [1.807, 2.05) is 0 Å². The lowest BCUT2D eigenvalue weighted by Gasteiger charge is -2.32. The van der Waals surface area contributed by atoms with Gasteiger partial charge in [-0.1, -0.05) is 13.0 Å². The number of aryl methyl sites for hydroxylation is 2. The van der Waals surface area contributed by atoms with Crippen molar-refractivity contribution in [2.24, 2.45) is 0 Å². The molecular formula is C16H22BNO2S. The third-order valence-corrected chi connectivity index (χ3v) is 5.92. The molecule has 0 aliphatic carbocycles. The number of fused-ring (bicyclic) bond motifs is 1. The van der Waals surface area contributed by atoms with E-state index in [4.69, 9.17) is 14.3 Å². The fourth-order valence-corrected chi connectivity index (χ4v) is 3.49. The molecule has 2 aromatic rings. The number of hydrogen-bond donors (Lipinski definition) is 0. The molecule has 0 saturated carbocycles. The van der Waals surface area contributed by atoms with Gasteiger partial charge in [0.05, 0.1) is 26.4 Å². The Bertz CT molecular complexity index is 677. The molecule has 3 rings (SSSR count). The summed E-state index contributed by atoms with van der Waals surface area (Å²) >= 11 is 1.78. The molecule has 0 radical (unpaired) electrons. The van der Waals surface area contributed by atoms with Crippen LogP contribution < -0.4 is 5.46 Å². The van der Waals surface area contributed by atoms with Crippen LogP contribution in [0.3, 0.4) is 0 Å². The molecule has 0 amide bonds. The molecule has 0 bridgehead atoms. The van der Waals surface area contributed by atoms with Gasteiger partial charge in [-0.2, -0.15) is 0 Å². The monoisotopic (exact) mass is 303 g/mol. The number of aromatic nitrogens is 1. The third-order valence-electron chi connectivity index (χ3n) is 4.57. The van der Waals surface area contributed by atoms with Crippen molar-refractivity contribution in [1.29, 1.82) is 0 Å². The molecule has 1 aromatic heterocycles. The van der Waals surface area contributed by atoms with E-state index in [-0.39, 0.29) is 18.3 Å². The molecule has 0 unspecified atom stereocenters. The summed E-state index contributed by atoms with van der Waals surface area (Å²) in [5.74, 6) is 0. The number of thiazole rings is 1. The standard InChI is InChI=1S/C16H22BNO2S/c1-7-13-18-12-9-11(8-10(2)14(12)21-13)17-19-15(3,4)16(5,6)20-17/h8-9H,7H2,1-6H3. The van der Waals surface area contributed by atoms with Crippen molar-refractivity contribution >= 4 is 34.1 Å². The number of rotatable bonds is 2. The van der Waals surface area contributed by atoms with E-state index < -0.39 is 0 Å². The van der Waals surface area contributed by atoms with Gasteiger partial charge in [-0.15, -0.1) is 11.3 Å². The molecule has 0 spiro atoms. The first kappa shape index (κ1) is 15.0. The number of benzene rings is 1. The van der Waals surface area contributed by atoms with E-state index in [0.717, 1.165) is 17.4 Å². The van der Waals surface area contributed by atoms with Crippen LogP contribution in [0.5, 0.6) is 0 Å². The quantitative estimate of drug-likeness (QED) is 0.796. The lowest BCUT2D eigenvalue weighted by atomic mass is 9.78. The van der Waals surface area contributed by atoms with Crippen LogP contribution in [-0.2, 0) is 15.7 Å². The summed E-state index contributed by atoms with van der Waals surface area (Å²) in [6.45, 7) is 12.6. The highest BCUT2D eigenvalue weighted by Crippen LogP contribution is 2.37. The molecule has 21 heavy (non-hydrogen) atoms. The van der Waals surface area contributed by atoms with Gasteiger partial charge in [0.25, 0.3) is 0 Å². The van der Waals surface area contributed by atoms with Crippen LogP contribution in [0.25, 0.3) is 10.2 Å². The Labute approximate surface area is 130 Å². The highest BCUT2D eigenvalue weighted by molar-refractivity contribution is 7.18. The second kappa shape index (κ2) is 4.80. The second-order valence-corrected chi connectivity index (χ2v) is 7.82. The molecule has 2 heterocycles. The summed E-state index contributed by atoms with van der Waals surface area (Å²) in [6.07, 6.45) is 0.977. The third kappa shape index (κ3) is 2.41. The zero-order valence-corrected chi connectivity index (χ0v) is 14.4. The Morgan fingerprint density at radius 3 is 2.33 bits per heavy atom. The van der Waals surface area contributed by atoms with Crippen LogP contribution in [0, 0.1) is 6.92 Å². The minimum Gasteiger partial charge on any atom is -0.399 e. The molecule has 1 aliphatic heterocycles. The first-order valence-corrected chi connectivity index (χ1v) is 8.31. The van der Waals surface area contributed by atoms with Gasteiger partial charge >= 0.3 is 7.12 Å². The number of hydrogen-bond acceptors (Lipinski definition) is 4. The van der Waals surface area contributed by atoms with Crippen LogP contribution in [0.2, 0.25) is 0 Å². The fraction of sp³-hybridized carbons (Fsp3) is 0.562. The van der Waals surface area contributed by atoms with Gasteiger partial charge < -0.3 is 9.31 Å². The maximum Gasteiger partial charge on any atom is 0.494 e. The van der Waals surface area contributed by atoms with E-state index >= 15 is 0 Å². The number of nitrogens with zero attached hydrogens (tertiary/aromatic N) is 1. The molecule has 1 fully saturated rings. The highest BCUT2D eigenvalue weighted by atomic mass is 32.1. The second-order valence-electron chi connectivity index (χ2n) is 6.74. The Morgan fingerprint density at radius 2 is 1.76 bits per heavy atom. The predicted molar refractivity (Wildman–Crippen MR) is 89.5 cm³/mol. The summed E-state index contributed by atoms with van der Waals surface area (Å²) in [6, 6.07) is 4.28. The van der Waals surface area contributed by atoms with Crippen molar-refractivity contribution in [2.75, 3.05) is 0 Å². The van der Waals surface area contributed by atoms with Crippen LogP contribution in [-0.4, -0.2) is 23.3 Å². The fourth-order valence-electron chi connectivity index (χ4n) is 2.54. The van der Waals surface area contributed by atoms with Gasteiger partial charge in [0, 0.05) is 0 Å². The lowest BCUT2D eigenvalue weighted by Crippen LogP contribution is -2.41. The Morgan fingerprint density at radius 1 is 1.14 bits per heavy atom. The van der Waals surface area contributed by atoms with Crippen LogP contribution in [0.15, 0.2) is 12.1 Å². The van der Waals surface area contributed by atoms with Crippen molar-refractivity contribution in [2.45, 2.75) is 59.2 Å². The maximum absolute atomic E-state index is 6.14. The van der Waals surface area contributed by atoms with Gasteiger partial charge in [0.15, 0.2) is 0 Å². The topological polar surface area (TPSA) is 31.4 Å². The SMILES string of the molecule is CCc1nc2cc(B3OC(C)(C)C(C)(C)O3)cc(C)c2s1. The summed E-state index contributed by atoms with van der Waals surface area (Å²) in [5.41, 5.74) is 2.75. The van der Waals surface area contributed by atoms with Crippen molar-refractivity contribution in [1.82, 2.24) is 4.98 Å². The summed E-state index contributed by atoms with van der Waals surface area (Å²) in [4.78, 5) is 4.70. The van der Waals surface area contributed by atoms with Crippen molar-refractivity contribution in [3.8, 4) is 0 Å². The van der Waals surface area contributed by atoms with E-state index in [1.54, 1.807) is 11.3 Å². The van der Waals surface area contributed by atoms with Crippen LogP contribution >= 0.6 is 11.3 Å². The minimum absolute atomic E-state index is 0.308. The van der Waals surface area contributed by atoms with Gasteiger partial charge in [-0.3, -0.25) is 0 Å². The summed E-state index contributed by atoms with van der Waals surface area (Å²) in [7, 11) is -0.315. The minimum atomic E-state index is -0.315. The first-order chi connectivity index (χ1) is 9.73. The van der Waals surface area contributed by atoms with E-state index in [0.29, 0.717) is 0 Å². The van der Waals surface area contributed by atoms with Crippen LogP contribution in [0.1, 0.15) is 45.2 Å². The highest BCUT2D eigenvalue weighted by Gasteiger charge is 2.51. The van der Waals surface area contributed by atoms with Crippen molar-refractivity contribution < 1.29 is 9.31 Å². The molecule has 5 heteroatoms. The lowest BCUT2D eigenvalue weighted by molar-refractivity contribution is 0.00578. The van der Waals surface area contributed by atoms with Crippen molar-refractivity contribution in [3.63, 3.8) is 0 Å². The molecule has 112 valence electrons. The van der Waals surface area contributed by atoms with E-state index in [1.165, 1.54) is 15.3 Å². The van der Waals surface area contributed by atoms with Crippen LogP contribution in [0.4, 0.5) is 0 Å². The average molecular weight is 303 g/mol. The van der Waals surface area contributed by atoms with E-state index in [2.05, 4.69) is 53.7 Å². The maximum atomic E-state index is 6.14. The zero-order chi connectivity index (χ0) is 15.4. The predicted octanol–water partition coefficient (Wildman–Crippen LogP) is 3.47. The summed E-state index contributed by atoms with van der Waals surface area (Å²) < 4.78 is 13.6. The first-order valence-electron chi connectivity index (χ1n) is 7.49. The van der Waals surface area contributed by atoms with Gasteiger partial charge in [0.2, 0.25) is 0 Å². The van der Waals surface area contributed by atoms with Crippen molar-refractivity contribution in [3.05, 3.63) is 22.7 Å². The largest absolute Gasteiger partial charge is 0.494 e. The molecule has 1 aromatic carbocycles. The Kier molecular flexibility index (Phi) is 3.43. The molecule has 3 nitrogen and oxygen atoms in total. The van der Waals surface area contributed by atoms with Gasteiger partial charge in [0.1, 0.15) is 0 Å². The average Bonchev–Trinajstić information content (AvgIpc) is 2.89. The van der Waals surface area contributed by atoms with E-state index in [9.17, 15) is 0 Å². The molecular weight excluding hydrogens is 281 g/mol. The van der Waals surface area contributed by atoms with Gasteiger partial charge in [-0.25, -0.2) is 4.98 Å². The molecule has 0 atom stereocenters. The Hall–Kier alpha value is -0.905. The molecule has 0 N–H and O–H groups in total. The smallest absolute Gasteiger partial charge is 0.399 e. The molecule has 1 saturated heterocycles.